The van der Waals surface area contributed by atoms with Crippen LogP contribution in [0.4, 0.5) is 11.4 Å². The maximum absolute atomic E-state index is 3.48. The molecule has 0 amide bonds. The second-order valence-corrected chi connectivity index (χ2v) is 5.48. The summed E-state index contributed by atoms with van der Waals surface area (Å²) >= 11 is 3.48. The zero-order chi connectivity index (χ0) is 10.2. The van der Waals surface area contributed by atoms with Crippen LogP contribution in [0.2, 0.25) is 0 Å². The Bertz CT molecular complexity index is 347. The zero-order valence-corrected chi connectivity index (χ0v) is 10.1. The third-order valence-electron chi connectivity index (χ3n) is 2.50. The molecule has 0 spiro atoms. The Kier molecular flexibility index (Phi) is 2.43. The molecule has 3 heteroatoms. The molecule has 1 aromatic carbocycles. The van der Waals surface area contributed by atoms with E-state index in [1.807, 2.05) is 0 Å². The van der Waals surface area contributed by atoms with Gasteiger partial charge in [0.25, 0.3) is 0 Å². The van der Waals surface area contributed by atoms with E-state index in [1.54, 1.807) is 0 Å². The van der Waals surface area contributed by atoms with Crippen LogP contribution in [-0.2, 0) is 0 Å². The predicted molar refractivity (Wildman–Crippen MR) is 64.9 cm³/mol. The fourth-order valence-electron chi connectivity index (χ4n) is 1.55. The van der Waals surface area contributed by atoms with E-state index in [1.165, 1.54) is 11.4 Å². The first-order valence-electron chi connectivity index (χ1n) is 4.84. The van der Waals surface area contributed by atoms with Crippen LogP contribution in [0.3, 0.4) is 0 Å². The van der Waals surface area contributed by atoms with Crippen molar-refractivity contribution in [3.05, 3.63) is 22.7 Å². The van der Waals surface area contributed by atoms with Crippen LogP contribution in [0.1, 0.15) is 13.8 Å². The minimum Gasteiger partial charge on any atom is -0.383 e. The largest absolute Gasteiger partial charge is 0.383 e. The van der Waals surface area contributed by atoms with Crippen molar-refractivity contribution in [2.24, 2.45) is 5.41 Å². The normalized spacial score (nSPS) is 18.8. The molecule has 1 aliphatic rings. The molecule has 2 nitrogen and oxygen atoms in total. The van der Waals surface area contributed by atoms with Crippen molar-refractivity contribution in [1.82, 2.24) is 0 Å². The molecule has 1 aliphatic heterocycles. The summed E-state index contributed by atoms with van der Waals surface area (Å²) in [6, 6.07) is 6.28. The van der Waals surface area contributed by atoms with Crippen LogP contribution in [0.25, 0.3) is 0 Å². The number of nitrogens with one attached hydrogen (secondary N) is 2. The lowest BCUT2D eigenvalue weighted by Gasteiger charge is -2.21. The SMILES string of the molecule is CC1(C)CNc2ccc(Br)cc2NC1. The van der Waals surface area contributed by atoms with Gasteiger partial charge in [0.1, 0.15) is 0 Å². The highest BCUT2D eigenvalue weighted by Gasteiger charge is 2.21. The Morgan fingerprint density at radius 3 is 2.50 bits per heavy atom. The van der Waals surface area contributed by atoms with Gasteiger partial charge < -0.3 is 10.6 Å². The van der Waals surface area contributed by atoms with Gasteiger partial charge in [-0.15, -0.1) is 0 Å². The number of benzene rings is 1. The van der Waals surface area contributed by atoms with Gasteiger partial charge in [-0.25, -0.2) is 0 Å². The van der Waals surface area contributed by atoms with Gasteiger partial charge in [-0.3, -0.25) is 0 Å². The second kappa shape index (κ2) is 3.46. The second-order valence-electron chi connectivity index (χ2n) is 4.56. The number of hydrogen-bond donors (Lipinski definition) is 2. The Labute approximate surface area is 93.2 Å². The predicted octanol–water partition coefficient (Wildman–Crippen LogP) is 3.31. The van der Waals surface area contributed by atoms with Crippen molar-refractivity contribution < 1.29 is 0 Å². The van der Waals surface area contributed by atoms with Gasteiger partial charge in [0, 0.05) is 17.6 Å². The van der Waals surface area contributed by atoms with E-state index in [0.29, 0.717) is 5.41 Å². The van der Waals surface area contributed by atoms with E-state index in [2.05, 4.69) is 58.6 Å². The standard InChI is InChI=1S/C11H15BrN2/c1-11(2)6-13-9-4-3-8(12)5-10(9)14-7-11/h3-5,13-14H,6-7H2,1-2H3. The fraction of sp³-hybridized carbons (Fsp3) is 0.455. The average molecular weight is 255 g/mol. The van der Waals surface area contributed by atoms with E-state index in [9.17, 15) is 0 Å². The van der Waals surface area contributed by atoms with Crippen LogP contribution in [0, 0.1) is 5.41 Å². The summed E-state index contributed by atoms with van der Waals surface area (Å²) in [4.78, 5) is 0. The first-order chi connectivity index (χ1) is 6.57. The van der Waals surface area contributed by atoms with Crippen LogP contribution in [0.15, 0.2) is 22.7 Å². The molecule has 0 atom stereocenters. The Hall–Kier alpha value is -0.700. The molecule has 76 valence electrons. The number of fused-ring (bicyclic) bond motifs is 1. The van der Waals surface area contributed by atoms with Gasteiger partial charge in [0.15, 0.2) is 0 Å². The van der Waals surface area contributed by atoms with Gasteiger partial charge in [-0.05, 0) is 23.6 Å². The van der Waals surface area contributed by atoms with Crippen molar-refractivity contribution in [2.45, 2.75) is 13.8 Å². The molecule has 1 heterocycles. The van der Waals surface area contributed by atoms with E-state index < -0.39 is 0 Å². The highest BCUT2D eigenvalue weighted by Crippen LogP contribution is 2.31. The van der Waals surface area contributed by atoms with Crippen LogP contribution in [-0.4, -0.2) is 13.1 Å². The van der Waals surface area contributed by atoms with E-state index in [0.717, 1.165) is 17.6 Å². The molecule has 0 unspecified atom stereocenters. The third kappa shape index (κ3) is 2.03. The van der Waals surface area contributed by atoms with Gasteiger partial charge in [-0.2, -0.15) is 0 Å². The van der Waals surface area contributed by atoms with E-state index >= 15 is 0 Å². The summed E-state index contributed by atoms with van der Waals surface area (Å²) in [5, 5.41) is 6.92. The molecule has 0 radical (unpaired) electrons. The minimum atomic E-state index is 0.297. The fourth-order valence-corrected chi connectivity index (χ4v) is 1.91. The lowest BCUT2D eigenvalue weighted by atomic mass is 9.94. The molecule has 0 fully saturated rings. The third-order valence-corrected chi connectivity index (χ3v) is 2.99. The van der Waals surface area contributed by atoms with Crippen molar-refractivity contribution >= 4 is 27.3 Å². The zero-order valence-electron chi connectivity index (χ0n) is 8.52. The Balaban J connectivity index is 2.30. The minimum absolute atomic E-state index is 0.297. The summed E-state index contributed by atoms with van der Waals surface area (Å²) in [6.07, 6.45) is 0. The van der Waals surface area contributed by atoms with Crippen molar-refractivity contribution in [3.8, 4) is 0 Å². The molecular formula is C11H15BrN2. The molecule has 0 aliphatic carbocycles. The number of hydrogen-bond acceptors (Lipinski definition) is 2. The van der Waals surface area contributed by atoms with E-state index in [4.69, 9.17) is 0 Å². The molecule has 0 saturated heterocycles. The lowest BCUT2D eigenvalue weighted by molar-refractivity contribution is 0.423. The van der Waals surface area contributed by atoms with Gasteiger partial charge in [0.05, 0.1) is 11.4 Å². The molecule has 2 rings (SSSR count). The van der Waals surface area contributed by atoms with Crippen molar-refractivity contribution in [1.29, 1.82) is 0 Å². The van der Waals surface area contributed by atoms with Crippen molar-refractivity contribution in [2.75, 3.05) is 23.7 Å². The monoisotopic (exact) mass is 254 g/mol. The molecule has 1 aromatic rings. The quantitative estimate of drug-likeness (QED) is 0.743. The molecule has 0 aromatic heterocycles. The van der Waals surface area contributed by atoms with Gasteiger partial charge >= 0.3 is 0 Å². The molecule has 0 bridgehead atoms. The Morgan fingerprint density at radius 2 is 1.79 bits per heavy atom. The number of halogens is 1. The Morgan fingerprint density at radius 1 is 1.14 bits per heavy atom. The van der Waals surface area contributed by atoms with Gasteiger partial charge in [-0.1, -0.05) is 29.8 Å². The summed E-state index contributed by atoms with van der Waals surface area (Å²) in [5.41, 5.74) is 2.68. The topological polar surface area (TPSA) is 24.1 Å². The summed E-state index contributed by atoms with van der Waals surface area (Å²) in [5.74, 6) is 0. The first kappa shape index (κ1) is 9.84. The summed E-state index contributed by atoms with van der Waals surface area (Å²) < 4.78 is 1.12. The molecule has 0 saturated carbocycles. The highest BCUT2D eigenvalue weighted by molar-refractivity contribution is 9.10. The summed E-state index contributed by atoms with van der Waals surface area (Å²) in [7, 11) is 0. The molecular weight excluding hydrogens is 240 g/mol. The highest BCUT2D eigenvalue weighted by atomic mass is 79.9. The maximum Gasteiger partial charge on any atom is 0.0587 e. The van der Waals surface area contributed by atoms with E-state index in [-0.39, 0.29) is 0 Å². The first-order valence-corrected chi connectivity index (χ1v) is 5.63. The smallest absolute Gasteiger partial charge is 0.0587 e. The van der Waals surface area contributed by atoms with Crippen LogP contribution in [0.5, 0.6) is 0 Å². The van der Waals surface area contributed by atoms with Crippen LogP contribution < -0.4 is 10.6 Å². The molecule has 14 heavy (non-hydrogen) atoms. The lowest BCUT2D eigenvalue weighted by Crippen LogP contribution is -2.27. The average Bonchev–Trinajstić information content (AvgIpc) is 2.26. The van der Waals surface area contributed by atoms with Crippen LogP contribution >= 0.6 is 15.9 Å². The maximum atomic E-state index is 3.48. The summed E-state index contributed by atoms with van der Waals surface area (Å²) in [6.45, 7) is 6.53. The van der Waals surface area contributed by atoms with Gasteiger partial charge in [0.2, 0.25) is 0 Å². The molecule has 2 N–H and O–H groups in total. The number of rotatable bonds is 0. The van der Waals surface area contributed by atoms with Crippen molar-refractivity contribution in [3.63, 3.8) is 0 Å². The number of anilines is 2.